The Labute approximate surface area is 416 Å². The fraction of sp³-hybridized carbons (Fsp3) is 0.352. The standard InChI is InChI=1S/C54H57N5O11S/c1-54(2,71-32-51(60)61)33-57(14-15-67-18-19-68-17-16-64-3)38-21-34(30-69-48-27-42-40(25-46(48)65-4)52(62)58-39(29-55-42)23-36-10-6-8-12-44(36)58)20-35(22-38)31-70-49-28-43-41(26-47(49)66-5)53(63)59-45-13-9-7-11-37(45)24-50(59)56-43/h6-13,20-22,25-29,39H,14-19,23-24,30-33H2,1-5H3,(H,60,61)/t39-/m0/s1. The number of fused-ring (bicyclic) bond motifs is 8. The molecule has 3 aliphatic rings. The van der Waals surface area contributed by atoms with Crippen molar-refractivity contribution in [2.45, 2.75) is 50.7 Å². The number of ether oxygens (including phenoxy) is 7. The molecule has 71 heavy (non-hydrogen) atoms. The Balaban J connectivity index is 1.02. The summed E-state index contributed by atoms with van der Waals surface area (Å²) in [6, 6.07) is 28.4. The lowest BCUT2D eigenvalue weighted by Crippen LogP contribution is -2.39. The molecule has 0 unspecified atom stereocenters. The smallest absolute Gasteiger partial charge is 0.313 e. The van der Waals surface area contributed by atoms with Crippen LogP contribution < -0.4 is 34.3 Å². The molecule has 0 bridgehead atoms. The van der Waals surface area contributed by atoms with Crippen molar-refractivity contribution in [2.75, 3.05) is 83.0 Å². The predicted molar refractivity (Wildman–Crippen MR) is 274 cm³/mol. The fourth-order valence-corrected chi connectivity index (χ4v) is 9.99. The van der Waals surface area contributed by atoms with Crippen LogP contribution in [0.5, 0.6) is 23.0 Å². The van der Waals surface area contributed by atoms with Crippen LogP contribution in [0.15, 0.2) is 101 Å². The lowest BCUT2D eigenvalue weighted by atomic mass is 10.1. The van der Waals surface area contributed by atoms with Crippen LogP contribution in [0, 0.1) is 0 Å². The number of carbonyl (C=O) groups is 2. The maximum absolute atomic E-state index is 14.1. The van der Waals surface area contributed by atoms with Crippen molar-refractivity contribution in [1.82, 2.24) is 9.55 Å². The molecular formula is C54H57N5O11S. The van der Waals surface area contributed by atoms with E-state index in [4.69, 9.17) is 43.1 Å². The van der Waals surface area contributed by atoms with E-state index < -0.39 is 10.7 Å². The number of benzene rings is 5. The summed E-state index contributed by atoms with van der Waals surface area (Å²) < 4.78 is 42.7. The van der Waals surface area contributed by atoms with E-state index in [2.05, 4.69) is 4.90 Å². The average molecular weight is 984 g/mol. The number of amides is 1. The molecule has 0 radical (unpaired) electrons. The van der Waals surface area contributed by atoms with Gasteiger partial charge in [0, 0.05) is 67.5 Å². The molecule has 370 valence electrons. The Bertz CT molecular complexity index is 3050. The minimum atomic E-state index is -0.891. The van der Waals surface area contributed by atoms with Crippen molar-refractivity contribution >= 4 is 57.8 Å². The molecule has 1 aromatic heterocycles. The van der Waals surface area contributed by atoms with E-state index in [1.54, 1.807) is 48.0 Å². The summed E-state index contributed by atoms with van der Waals surface area (Å²) in [4.78, 5) is 53.5. The third-order valence-corrected chi connectivity index (χ3v) is 13.9. The number of aliphatic carboxylic acids is 1. The Morgan fingerprint density at radius 1 is 0.789 bits per heavy atom. The van der Waals surface area contributed by atoms with Gasteiger partial charge >= 0.3 is 5.97 Å². The van der Waals surface area contributed by atoms with E-state index in [-0.39, 0.29) is 36.5 Å². The van der Waals surface area contributed by atoms with Crippen LogP contribution in [-0.2, 0) is 45.1 Å². The molecule has 5 aromatic carbocycles. The van der Waals surface area contributed by atoms with E-state index in [1.807, 2.05) is 86.8 Å². The zero-order valence-electron chi connectivity index (χ0n) is 40.5. The molecule has 0 saturated heterocycles. The monoisotopic (exact) mass is 983 g/mol. The molecule has 1 atom stereocenters. The lowest BCUT2D eigenvalue weighted by Gasteiger charge is -2.34. The number of aliphatic imine (C=N–C) groups is 1. The van der Waals surface area contributed by atoms with Crippen molar-refractivity contribution in [3.05, 3.63) is 135 Å². The molecule has 0 spiro atoms. The second kappa shape index (κ2) is 21.6. The van der Waals surface area contributed by atoms with Crippen molar-refractivity contribution in [3.63, 3.8) is 0 Å². The van der Waals surface area contributed by atoms with Gasteiger partial charge in [-0.3, -0.25) is 28.8 Å². The molecule has 9 rings (SSSR count). The Hall–Kier alpha value is -6.92. The van der Waals surface area contributed by atoms with Crippen LogP contribution in [0.4, 0.5) is 17.1 Å². The molecule has 3 aliphatic heterocycles. The predicted octanol–water partition coefficient (Wildman–Crippen LogP) is 7.83. The Kier molecular flexibility index (Phi) is 14.9. The zero-order chi connectivity index (χ0) is 49.6. The number of carbonyl (C=O) groups excluding carboxylic acids is 1. The topological polar surface area (TPSA) is 173 Å². The van der Waals surface area contributed by atoms with Gasteiger partial charge in [-0.1, -0.05) is 36.4 Å². The molecule has 0 saturated carbocycles. The first-order chi connectivity index (χ1) is 34.4. The van der Waals surface area contributed by atoms with Crippen molar-refractivity contribution in [3.8, 4) is 28.7 Å². The van der Waals surface area contributed by atoms with Gasteiger partial charge in [-0.15, -0.1) is 11.8 Å². The fourth-order valence-electron chi connectivity index (χ4n) is 9.23. The first kappa shape index (κ1) is 49.1. The second-order valence-corrected chi connectivity index (χ2v) is 19.7. The molecule has 6 aromatic rings. The number of hydrogen-bond acceptors (Lipinski definition) is 14. The number of carboxylic acid groups (broad SMARTS) is 1. The van der Waals surface area contributed by atoms with Crippen LogP contribution in [0.2, 0.25) is 0 Å². The van der Waals surface area contributed by atoms with E-state index in [0.29, 0.717) is 110 Å². The molecule has 16 nitrogen and oxygen atoms in total. The SMILES string of the molecule is COCCOCCOCCN(CC(C)(C)SCC(=O)O)c1cc(COc2cc3c(cc2OC)C(=O)N2c4ccccc4C[C@H]2C=N3)cc(COc2cc3nc4n(c(=O)c3cc2OC)-c2ccccc2C4)c1. The number of nitrogens with zero attached hydrogens (tertiary/aromatic N) is 5. The molecular weight excluding hydrogens is 927 g/mol. The summed E-state index contributed by atoms with van der Waals surface area (Å²) in [7, 11) is 4.70. The number of thioether (sulfide) groups is 1. The largest absolute Gasteiger partial charge is 0.493 e. The van der Waals surface area contributed by atoms with Gasteiger partial charge in [-0.25, -0.2) is 4.98 Å². The lowest BCUT2D eigenvalue weighted by molar-refractivity contribution is -0.133. The summed E-state index contributed by atoms with van der Waals surface area (Å²) in [5, 5.41) is 10.0. The number of anilines is 2. The number of para-hydroxylation sites is 2. The quantitative estimate of drug-likeness (QED) is 0.0615. The van der Waals surface area contributed by atoms with Gasteiger partial charge < -0.3 is 43.2 Å². The Morgan fingerprint density at radius 2 is 1.45 bits per heavy atom. The van der Waals surface area contributed by atoms with Gasteiger partial charge in [0.05, 0.1) is 86.9 Å². The molecule has 17 heteroatoms. The minimum Gasteiger partial charge on any atom is -0.493 e. The maximum Gasteiger partial charge on any atom is 0.313 e. The first-order valence-corrected chi connectivity index (χ1v) is 24.5. The Morgan fingerprint density at radius 3 is 2.17 bits per heavy atom. The van der Waals surface area contributed by atoms with E-state index >= 15 is 0 Å². The average Bonchev–Trinajstić information content (AvgIpc) is 3.90. The number of rotatable bonds is 23. The summed E-state index contributed by atoms with van der Waals surface area (Å²) in [6.45, 7) is 7.31. The number of methoxy groups -OCH3 is 3. The molecule has 0 aliphatic carbocycles. The second-order valence-electron chi connectivity index (χ2n) is 18.0. The summed E-state index contributed by atoms with van der Waals surface area (Å²) >= 11 is 1.36. The van der Waals surface area contributed by atoms with Gasteiger partial charge in [0.2, 0.25) is 0 Å². The van der Waals surface area contributed by atoms with Crippen LogP contribution in [0.25, 0.3) is 16.6 Å². The van der Waals surface area contributed by atoms with Gasteiger partial charge in [0.15, 0.2) is 23.0 Å². The van der Waals surface area contributed by atoms with E-state index in [0.717, 1.165) is 39.3 Å². The van der Waals surface area contributed by atoms with Crippen molar-refractivity contribution < 1.29 is 47.9 Å². The number of aromatic nitrogens is 2. The third-order valence-electron chi connectivity index (χ3n) is 12.6. The minimum absolute atomic E-state index is 0.0575. The van der Waals surface area contributed by atoms with E-state index in [9.17, 15) is 19.5 Å². The zero-order valence-corrected chi connectivity index (χ0v) is 41.3. The highest BCUT2D eigenvalue weighted by Crippen LogP contribution is 2.42. The van der Waals surface area contributed by atoms with Gasteiger partial charge in [0.1, 0.15) is 19.0 Å². The summed E-state index contributed by atoms with van der Waals surface area (Å²) in [5.41, 5.74) is 7.44. The summed E-state index contributed by atoms with van der Waals surface area (Å²) in [6.07, 6.45) is 3.03. The third kappa shape index (κ3) is 10.9. The molecule has 1 amide bonds. The molecule has 1 N–H and O–H groups in total. The highest BCUT2D eigenvalue weighted by atomic mass is 32.2. The van der Waals surface area contributed by atoms with Crippen LogP contribution in [0.3, 0.4) is 0 Å². The van der Waals surface area contributed by atoms with E-state index in [1.165, 1.54) is 18.9 Å². The number of carboxylic acids is 1. The van der Waals surface area contributed by atoms with Gasteiger partial charge in [-0.2, -0.15) is 0 Å². The van der Waals surface area contributed by atoms with Crippen LogP contribution in [0.1, 0.15) is 52.3 Å². The van der Waals surface area contributed by atoms with Crippen LogP contribution in [-0.4, -0.2) is 117 Å². The van der Waals surface area contributed by atoms with Crippen LogP contribution >= 0.6 is 11.8 Å². The molecule has 4 heterocycles. The maximum atomic E-state index is 14.1. The first-order valence-electron chi connectivity index (χ1n) is 23.5. The van der Waals surface area contributed by atoms with Gasteiger partial charge in [-0.05, 0) is 78.6 Å². The number of hydrogen-bond donors (Lipinski definition) is 1. The summed E-state index contributed by atoms with van der Waals surface area (Å²) in [5.74, 6) is 1.12. The van der Waals surface area contributed by atoms with Crippen molar-refractivity contribution in [1.29, 1.82) is 0 Å². The highest BCUT2D eigenvalue weighted by Gasteiger charge is 2.36. The highest BCUT2D eigenvalue weighted by molar-refractivity contribution is 8.01. The van der Waals surface area contributed by atoms with Gasteiger partial charge in [0.25, 0.3) is 11.5 Å². The molecule has 0 fully saturated rings. The normalized spacial score (nSPS) is 14.4. The van der Waals surface area contributed by atoms with Crippen molar-refractivity contribution in [2.24, 2.45) is 4.99 Å².